The Labute approximate surface area is 120 Å². The van der Waals surface area contributed by atoms with Crippen LogP contribution in [0.3, 0.4) is 0 Å². The first-order valence-corrected chi connectivity index (χ1v) is 7.79. The van der Waals surface area contributed by atoms with E-state index in [4.69, 9.17) is 4.74 Å². The van der Waals surface area contributed by atoms with Gasteiger partial charge in [0.25, 0.3) is 0 Å². The van der Waals surface area contributed by atoms with E-state index in [2.05, 4.69) is 4.98 Å². The van der Waals surface area contributed by atoms with Crippen LogP contribution in [0.15, 0.2) is 18.5 Å². The molecule has 3 nitrogen and oxygen atoms in total. The van der Waals surface area contributed by atoms with Crippen molar-refractivity contribution in [2.45, 2.75) is 57.5 Å². The summed E-state index contributed by atoms with van der Waals surface area (Å²) < 4.78 is 6.09. The fourth-order valence-electron chi connectivity index (χ4n) is 3.74. The Balaban J connectivity index is 1.77. The monoisotopic (exact) mass is 273 g/mol. The fraction of sp³-hybridized carbons (Fsp3) is 0.647. The van der Waals surface area contributed by atoms with Crippen molar-refractivity contribution in [1.29, 1.82) is 0 Å². The number of rotatable bonds is 2. The quantitative estimate of drug-likeness (QED) is 0.771. The third-order valence-corrected chi connectivity index (χ3v) is 4.93. The third-order valence-electron chi connectivity index (χ3n) is 4.93. The van der Waals surface area contributed by atoms with Gasteiger partial charge in [-0.1, -0.05) is 19.3 Å². The van der Waals surface area contributed by atoms with Gasteiger partial charge < -0.3 is 4.74 Å². The smallest absolute Gasteiger partial charge is 0.167 e. The maximum Gasteiger partial charge on any atom is 0.167 e. The van der Waals surface area contributed by atoms with Gasteiger partial charge in [-0.2, -0.15) is 0 Å². The molecule has 108 valence electrons. The van der Waals surface area contributed by atoms with Crippen molar-refractivity contribution in [3.8, 4) is 0 Å². The van der Waals surface area contributed by atoms with Gasteiger partial charge in [0.2, 0.25) is 0 Å². The van der Waals surface area contributed by atoms with E-state index in [0.717, 1.165) is 43.4 Å². The number of carbonyl (C=O) groups is 1. The summed E-state index contributed by atoms with van der Waals surface area (Å²) in [4.78, 5) is 16.9. The summed E-state index contributed by atoms with van der Waals surface area (Å²) in [5.41, 5.74) is 1.83. The molecule has 1 saturated heterocycles. The molecule has 20 heavy (non-hydrogen) atoms. The van der Waals surface area contributed by atoms with Crippen molar-refractivity contribution in [2.24, 2.45) is 5.92 Å². The van der Waals surface area contributed by atoms with Crippen LogP contribution in [0.4, 0.5) is 0 Å². The number of Topliss-reactive ketones (excluding diaryl/α,β-unsaturated/α-hetero) is 1. The average Bonchev–Trinajstić information content (AvgIpc) is 2.48. The van der Waals surface area contributed by atoms with Crippen LogP contribution >= 0.6 is 0 Å². The Hall–Kier alpha value is -1.22. The topological polar surface area (TPSA) is 39.2 Å². The normalized spacial score (nSPS) is 25.6. The van der Waals surface area contributed by atoms with Gasteiger partial charge in [-0.25, -0.2) is 0 Å². The summed E-state index contributed by atoms with van der Waals surface area (Å²) in [5, 5.41) is 0. The predicted octanol–water partition coefficient (Wildman–Crippen LogP) is 3.70. The number of nitrogens with zero attached hydrogens (tertiary/aromatic N) is 1. The van der Waals surface area contributed by atoms with Crippen LogP contribution in [0.5, 0.6) is 0 Å². The highest BCUT2D eigenvalue weighted by Crippen LogP contribution is 2.41. The molecule has 2 aliphatic rings. The lowest BCUT2D eigenvalue weighted by atomic mass is 9.74. The van der Waals surface area contributed by atoms with Crippen molar-refractivity contribution < 1.29 is 9.53 Å². The Morgan fingerprint density at radius 3 is 2.90 bits per heavy atom. The molecule has 0 bridgehead atoms. The predicted molar refractivity (Wildman–Crippen MR) is 77.8 cm³/mol. The number of hydrogen-bond donors (Lipinski definition) is 0. The number of carbonyl (C=O) groups excluding carboxylic acids is 1. The van der Waals surface area contributed by atoms with Gasteiger partial charge in [-0.3, -0.25) is 9.78 Å². The number of aryl methyl sites for hydroxylation is 1. The summed E-state index contributed by atoms with van der Waals surface area (Å²) >= 11 is 0. The van der Waals surface area contributed by atoms with E-state index >= 15 is 0 Å². The molecular weight excluding hydrogens is 250 g/mol. The maximum atomic E-state index is 12.8. The maximum absolute atomic E-state index is 12.8. The Morgan fingerprint density at radius 1 is 1.35 bits per heavy atom. The minimum Gasteiger partial charge on any atom is -0.375 e. The number of pyridine rings is 1. The van der Waals surface area contributed by atoms with Gasteiger partial charge in [0.1, 0.15) is 0 Å². The molecule has 3 heteroatoms. The van der Waals surface area contributed by atoms with Crippen LogP contribution in [0.1, 0.15) is 60.9 Å². The number of ether oxygens (including phenoxy) is 1. The van der Waals surface area contributed by atoms with Gasteiger partial charge in [0, 0.05) is 30.5 Å². The Bertz CT molecular complexity index is 486. The number of aromatic nitrogens is 1. The fourth-order valence-corrected chi connectivity index (χ4v) is 3.74. The van der Waals surface area contributed by atoms with Gasteiger partial charge >= 0.3 is 0 Å². The lowest BCUT2D eigenvalue weighted by Gasteiger charge is -2.43. The largest absolute Gasteiger partial charge is 0.375 e. The lowest BCUT2D eigenvalue weighted by Crippen LogP contribution is -2.43. The highest BCUT2D eigenvalue weighted by Gasteiger charge is 2.40. The van der Waals surface area contributed by atoms with Crippen LogP contribution in [-0.2, 0) is 4.74 Å². The molecule has 2 heterocycles. The number of ketones is 1. The SMILES string of the molecule is Cc1ccncc1C(=O)C1CCOC2(CCCCC2)C1. The second-order valence-electron chi connectivity index (χ2n) is 6.34. The molecule has 0 amide bonds. The van der Waals surface area contributed by atoms with Crippen LogP contribution < -0.4 is 0 Å². The minimum absolute atomic E-state index is 0.00700. The van der Waals surface area contributed by atoms with E-state index in [1.165, 1.54) is 19.3 Å². The average molecular weight is 273 g/mol. The lowest BCUT2D eigenvalue weighted by molar-refractivity contribution is -0.111. The van der Waals surface area contributed by atoms with Gasteiger partial charge in [-0.05, 0) is 44.2 Å². The van der Waals surface area contributed by atoms with Gasteiger partial charge in [0.15, 0.2) is 5.78 Å². The zero-order valence-electron chi connectivity index (χ0n) is 12.2. The van der Waals surface area contributed by atoms with E-state index in [0.29, 0.717) is 0 Å². The molecule has 1 spiro atoms. The Morgan fingerprint density at radius 2 is 2.15 bits per heavy atom. The summed E-state index contributed by atoms with van der Waals surface area (Å²) in [6.07, 6.45) is 11.3. The summed E-state index contributed by atoms with van der Waals surface area (Å²) in [6.45, 7) is 2.72. The molecule has 2 fully saturated rings. The molecule has 3 rings (SSSR count). The highest BCUT2D eigenvalue weighted by atomic mass is 16.5. The van der Waals surface area contributed by atoms with Crippen molar-refractivity contribution in [2.75, 3.05) is 6.61 Å². The third kappa shape index (κ3) is 2.64. The molecule has 0 N–H and O–H groups in total. The molecule has 0 radical (unpaired) electrons. The second kappa shape index (κ2) is 5.65. The van der Waals surface area contributed by atoms with E-state index in [9.17, 15) is 4.79 Å². The van der Waals surface area contributed by atoms with Crippen LogP contribution in [0.2, 0.25) is 0 Å². The second-order valence-corrected chi connectivity index (χ2v) is 6.34. The van der Waals surface area contributed by atoms with E-state index < -0.39 is 0 Å². The van der Waals surface area contributed by atoms with E-state index in [1.54, 1.807) is 12.4 Å². The summed E-state index contributed by atoms with van der Waals surface area (Å²) in [5.74, 6) is 0.383. The molecule has 1 aromatic heterocycles. The minimum atomic E-state index is -0.00700. The van der Waals surface area contributed by atoms with Crippen molar-refractivity contribution >= 4 is 5.78 Å². The molecule has 1 aliphatic carbocycles. The molecule has 1 aliphatic heterocycles. The molecule has 0 aromatic carbocycles. The van der Waals surface area contributed by atoms with Crippen LogP contribution in [0, 0.1) is 12.8 Å². The first-order chi connectivity index (χ1) is 9.70. The standard InChI is InChI=1S/C17H23NO2/c1-13-5-9-18-12-15(13)16(19)14-6-10-20-17(11-14)7-3-2-4-8-17/h5,9,12,14H,2-4,6-8,10-11H2,1H3. The first kappa shape index (κ1) is 13.7. The van der Waals surface area contributed by atoms with E-state index in [1.807, 2.05) is 13.0 Å². The molecule has 1 aromatic rings. The molecule has 1 atom stereocenters. The zero-order valence-corrected chi connectivity index (χ0v) is 12.2. The van der Waals surface area contributed by atoms with Gasteiger partial charge in [0.05, 0.1) is 5.60 Å². The van der Waals surface area contributed by atoms with Gasteiger partial charge in [-0.15, -0.1) is 0 Å². The molecule has 1 unspecified atom stereocenters. The number of hydrogen-bond acceptors (Lipinski definition) is 3. The zero-order chi connectivity index (χ0) is 14.0. The van der Waals surface area contributed by atoms with Crippen LogP contribution in [0.25, 0.3) is 0 Å². The van der Waals surface area contributed by atoms with Crippen molar-refractivity contribution in [3.05, 3.63) is 29.6 Å². The van der Waals surface area contributed by atoms with Crippen LogP contribution in [-0.4, -0.2) is 23.0 Å². The summed E-state index contributed by atoms with van der Waals surface area (Å²) in [7, 11) is 0. The Kier molecular flexibility index (Phi) is 3.88. The van der Waals surface area contributed by atoms with Crippen molar-refractivity contribution in [1.82, 2.24) is 4.98 Å². The first-order valence-electron chi connectivity index (χ1n) is 7.79. The van der Waals surface area contributed by atoms with E-state index in [-0.39, 0.29) is 17.3 Å². The highest BCUT2D eigenvalue weighted by molar-refractivity contribution is 5.98. The molecule has 1 saturated carbocycles. The van der Waals surface area contributed by atoms with Crippen molar-refractivity contribution in [3.63, 3.8) is 0 Å². The molecular formula is C17H23NO2. The summed E-state index contributed by atoms with van der Waals surface area (Å²) in [6, 6.07) is 1.92.